The van der Waals surface area contributed by atoms with E-state index >= 15 is 0 Å². The molecule has 0 aliphatic rings. The lowest BCUT2D eigenvalue weighted by Gasteiger charge is -2.18. The third-order valence-corrected chi connectivity index (χ3v) is 3.12. The van der Waals surface area contributed by atoms with Gasteiger partial charge in [0.15, 0.2) is 0 Å². The number of halogens is 1. The fourth-order valence-corrected chi connectivity index (χ4v) is 1.99. The summed E-state index contributed by atoms with van der Waals surface area (Å²) in [5, 5.41) is 3.88. The molecule has 1 aromatic carbocycles. The lowest BCUT2D eigenvalue weighted by molar-refractivity contribution is -0.130. The molecule has 0 saturated heterocycles. The monoisotopic (exact) mass is 309 g/mol. The number of aryl methyl sites for hydroxylation is 1. The van der Waals surface area contributed by atoms with Crippen LogP contribution in [0.1, 0.15) is 29.5 Å². The molecule has 21 heavy (non-hydrogen) atoms. The molecule has 0 bridgehead atoms. The minimum Gasteiger partial charge on any atom is -0.361 e. The molecule has 0 radical (unpaired) electrons. The Morgan fingerprint density at radius 2 is 2.05 bits per heavy atom. The number of amides is 1. The highest BCUT2D eigenvalue weighted by atomic mass is 35.5. The molecule has 1 unspecified atom stereocenters. The van der Waals surface area contributed by atoms with Gasteiger partial charge in [0.25, 0.3) is 0 Å². The van der Waals surface area contributed by atoms with Crippen molar-refractivity contribution < 1.29 is 9.32 Å². The van der Waals surface area contributed by atoms with Crippen molar-refractivity contribution in [3.8, 4) is 0 Å². The van der Waals surface area contributed by atoms with Crippen LogP contribution in [0.2, 0.25) is 0 Å². The van der Waals surface area contributed by atoms with E-state index in [4.69, 9.17) is 10.3 Å². The predicted molar refractivity (Wildman–Crippen MR) is 82.9 cm³/mol. The summed E-state index contributed by atoms with van der Waals surface area (Å²) in [6.07, 6.45) is 0.275. The van der Waals surface area contributed by atoms with Crippen LogP contribution in [0.3, 0.4) is 0 Å². The summed E-state index contributed by atoms with van der Waals surface area (Å²) >= 11 is 0. The van der Waals surface area contributed by atoms with Gasteiger partial charge in [0.05, 0.1) is 6.54 Å². The van der Waals surface area contributed by atoms with Crippen molar-refractivity contribution in [3.05, 3.63) is 53.4 Å². The van der Waals surface area contributed by atoms with Crippen LogP contribution in [0.25, 0.3) is 0 Å². The smallest absolute Gasteiger partial charge is 0.224 e. The maximum atomic E-state index is 12.1. The SMILES string of the molecule is Cc1cc(CN(C)C(=O)CC(N)c2ccccc2)no1.Cl. The van der Waals surface area contributed by atoms with E-state index in [0.29, 0.717) is 6.54 Å². The molecule has 0 aliphatic carbocycles. The van der Waals surface area contributed by atoms with Crippen molar-refractivity contribution in [3.63, 3.8) is 0 Å². The first-order valence-electron chi connectivity index (χ1n) is 6.53. The number of carbonyl (C=O) groups is 1. The summed E-state index contributed by atoms with van der Waals surface area (Å²) in [5.74, 6) is 0.726. The molecular weight excluding hydrogens is 290 g/mol. The predicted octanol–water partition coefficient (Wildman–Crippen LogP) is 2.45. The fraction of sp³-hybridized carbons (Fsp3) is 0.333. The van der Waals surface area contributed by atoms with Crippen LogP contribution >= 0.6 is 12.4 Å². The highest BCUT2D eigenvalue weighted by Crippen LogP contribution is 2.15. The van der Waals surface area contributed by atoms with Crippen molar-refractivity contribution in [1.82, 2.24) is 10.1 Å². The summed E-state index contributed by atoms with van der Waals surface area (Å²) in [7, 11) is 1.74. The lowest BCUT2D eigenvalue weighted by Crippen LogP contribution is -2.29. The average Bonchev–Trinajstić information content (AvgIpc) is 2.85. The number of benzene rings is 1. The largest absolute Gasteiger partial charge is 0.361 e. The summed E-state index contributed by atoms with van der Waals surface area (Å²) < 4.78 is 4.98. The number of carbonyl (C=O) groups excluding carboxylic acids is 1. The van der Waals surface area contributed by atoms with E-state index < -0.39 is 0 Å². The normalized spacial score (nSPS) is 11.6. The molecule has 114 valence electrons. The molecule has 0 fully saturated rings. The van der Waals surface area contributed by atoms with Crippen molar-refractivity contribution in [1.29, 1.82) is 0 Å². The average molecular weight is 310 g/mol. The van der Waals surface area contributed by atoms with E-state index in [1.165, 1.54) is 0 Å². The summed E-state index contributed by atoms with van der Waals surface area (Å²) in [4.78, 5) is 13.7. The van der Waals surface area contributed by atoms with Gasteiger partial charge < -0.3 is 15.2 Å². The molecule has 2 aromatic rings. The Balaban J connectivity index is 0.00000220. The Morgan fingerprint density at radius 3 is 2.62 bits per heavy atom. The Hall–Kier alpha value is -1.85. The molecule has 0 aliphatic heterocycles. The molecular formula is C15H20ClN3O2. The van der Waals surface area contributed by atoms with E-state index in [9.17, 15) is 4.79 Å². The summed E-state index contributed by atoms with van der Waals surface area (Å²) in [5.41, 5.74) is 7.76. The van der Waals surface area contributed by atoms with Crippen LogP contribution in [-0.2, 0) is 11.3 Å². The zero-order chi connectivity index (χ0) is 14.5. The molecule has 1 heterocycles. The molecule has 0 spiro atoms. The van der Waals surface area contributed by atoms with E-state index in [1.54, 1.807) is 11.9 Å². The Labute approximate surface area is 130 Å². The molecule has 0 saturated carbocycles. The van der Waals surface area contributed by atoms with Crippen LogP contribution in [-0.4, -0.2) is 23.0 Å². The summed E-state index contributed by atoms with van der Waals surface area (Å²) in [6, 6.07) is 11.2. The third kappa shape index (κ3) is 4.88. The second-order valence-electron chi connectivity index (χ2n) is 4.90. The van der Waals surface area contributed by atoms with Crippen molar-refractivity contribution in [2.45, 2.75) is 25.9 Å². The summed E-state index contributed by atoms with van der Waals surface area (Å²) in [6.45, 7) is 2.25. The number of aromatic nitrogens is 1. The third-order valence-electron chi connectivity index (χ3n) is 3.12. The van der Waals surface area contributed by atoms with Crippen LogP contribution in [0.15, 0.2) is 40.9 Å². The van der Waals surface area contributed by atoms with Gasteiger partial charge in [-0.2, -0.15) is 0 Å². The van der Waals surface area contributed by atoms with Gasteiger partial charge in [-0.1, -0.05) is 35.5 Å². The van der Waals surface area contributed by atoms with Gasteiger partial charge in [0.1, 0.15) is 11.5 Å². The second kappa shape index (κ2) is 7.81. The number of hydrogen-bond acceptors (Lipinski definition) is 4. The standard InChI is InChI=1S/C15H19N3O2.ClH/c1-11-8-13(17-20-11)10-18(2)15(19)9-14(16)12-6-4-3-5-7-12;/h3-8,14H,9-10,16H2,1-2H3;1H. The zero-order valence-electron chi connectivity index (χ0n) is 12.2. The number of rotatable bonds is 5. The molecule has 1 aromatic heterocycles. The molecule has 1 atom stereocenters. The van der Waals surface area contributed by atoms with Gasteiger partial charge in [0, 0.05) is 25.6 Å². The maximum Gasteiger partial charge on any atom is 0.224 e. The van der Waals surface area contributed by atoms with Gasteiger partial charge in [-0.25, -0.2) is 0 Å². The highest BCUT2D eigenvalue weighted by Gasteiger charge is 2.16. The lowest BCUT2D eigenvalue weighted by atomic mass is 10.0. The van der Waals surface area contributed by atoms with Crippen molar-refractivity contribution in [2.75, 3.05) is 7.05 Å². The van der Waals surface area contributed by atoms with Gasteiger partial charge in [-0.05, 0) is 12.5 Å². The van der Waals surface area contributed by atoms with E-state index in [-0.39, 0.29) is 30.8 Å². The molecule has 2 N–H and O–H groups in total. The Morgan fingerprint density at radius 1 is 1.38 bits per heavy atom. The molecule has 5 nitrogen and oxygen atoms in total. The van der Waals surface area contributed by atoms with Gasteiger partial charge >= 0.3 is 0 Å². The Bertz CT molecular complexity index is 571. The molecule has 2 rings (SSSR count). The van der Waals surface area contributed by atoms with Crippen molar-refractivity contribution in [2.24, 2.45) is 5.73 Å². The Kier molecular flexibility index (Phi) is 6.39. The van der Waals surface area contributed by atoms with E-state index in [1.807, 2.05) is 43.3 Å². The molecule has 6 heteroatoms. The first-order chi connectivity index (χ1) is 9.56. The van der Waals surface area contributed by atoms with Gasteiger partial charge in [-0.15, -0.1) is 12.4 Å². The van der Waals surface area contributed by atoms with E-state index in [0.717, 1.165) is 17.0 Å². The highest BCUT2D eigenvalue weighted by molar-refractivity contribution is 5.85. The number of hydrogen-bond donors (Lipinski definition) is 1. The van der Waals surface area contributed by atoms with Gasteiger partial charge in [0.2, 0.25) is 5.91 Å². The maximum absolute atomic E-state index is 12.1. The first kappa shape index (κ1) is 17.2. The van der Waals surface area contributed by atoms with Crippen LogP contribution in [0.4, 0.5) is 0 Å². The fourth-order valence-electron chi connectivity index (χ4n) is 1.99. The minimum atomic E-state index is -0.287. The first-order valence-corrected chi connectivity index (χ1v) is 6.53. The zero-order valence-corrected chi connectivity index (χ0v) is 13.0. The van der Waals surface area contributed by atoms with Gasteiger partial charge in [-0.3, -0.25) is 4.79 Å². The number of nitrogens with two attached hydrogens (primary N) is 1. The van der Waals surface area contributed by atoms with Crippen molar-refractivity contribution >= 4 is 18.3 Å². The topological polar surface area (TPSA) is 72.4 Å². The van der Waals surface area contributed by atoms with E-state index in [2.05, 4.69) is 5.16 Å². The molecule has 1 amide bonds. The van der Waals surface area contributed by atoms with Crippen LogP contribution in [0.5, 0.6) is 0 Å². The second-order valence-corrected chi connectivity index (χ2v) is 4.90. The quantitative estimate of drug-likeness (QED) is 0.921. The minimum absolute atomic E-state index is 0. The van der Waals surface area contributed by atoms with Crippen LogP contribution < -0.4 is 5.73 Å². The van der Waals surface area contributed by atoms with Crippen LogP contribution in [0, 0.1) is 6.92 Å². The number of nitrogens with zero attached hydrogens (tertiary/aromatic N) is 2.